The van der Waals surface area contributed by atoms with Crippen LogP contribution in [-0.2, 0) is 9.84 Å². The second-order valence-electron chi connectivity index (χ2n) is 5.54. The van der Waals surface area contributed by atoms with E-state index in [4.69, 9.17) is 0 Å². The van der Waals surface area contributed by atoms with E-state index in [-0.39, 0.29) is 35.3 Å². The molecule has 112 valence electrons. The first-order valence-corrected chi connectivity index (χ1v) is 8.39. The molecule has 0 fully saturated rings. The summed E-state index contributed by atoms with van der Waals surface area (Å²) in [6.07, 6.45) is 0.391. The molecule has 2 rings (SSSR count). The van der Waals surface area contributed by atoms with Gasteiger partial charge in [-0.3, -0.25) is 0 Å². The van der Waals surface area contributed by atoms with Gasteiger partial charge in [0.25, 0.3) is 0 Å². The number of fused-ring (bicyclic) bond motifs is 1. The highest BCUT2D eigenvalue weighted by molar-refractivity contribution is 7.91. The fraction of sp³-hybridized carbons (Fsp3) is 0.571. The topological polar surface area (TPSA) is 66.4 Å². The number of aliphatic hydroxyl groups is 1. The van der Waals surface area contributed by atoms with Crippen LogP contribution >= 0.6 is 0 Å². The van der Waals surface area contributed by atoms with Crippen molar-refractivity contribution in [3.05, 3.63) is 29.6 Å². The lowest BCUT2D eigenvalue weighted by molar-refractivity contribution is 0.197. The third kappa shape index (κ3) is 3.02. The highest BCUT2D eigenvalue weighted by Crippen LogP contribution is 2.33. The van der Waals surface area contributed by atoms with Gasteiger partial charge in [-0.1, -0.05) is 13.8 Å². The first-order valence-electron chi connectivity index (χ1n) is 6.74. The zero-order valence-corrected chi connectivity index (χ0v) is 12.5. The molecule has 1 aliphatic rings. The van der Waals surface area contributed by atoms with E-state index in [9.17, 15) is 17.9 Å². The van der Waals surface area contributed by atoms with Crippen LogP contribution in [0.5, 0.6) is 0 Å². The Bertz CT molecular complexity index is 586. The molecule has 0 bridgehead atoms. The zero-order valence-electron chi connectivity index (χ0n) is 11.6. The summed E-state index contributed by atoms with van der Waals surface area (Å²) in [5.74, 6) is -0.201. The number of halogens is 1. The van der Waals surface area contributed by atoms with Gasteiger partial charge in [0.1, 0.15) is 5.82 Å². The molecule has 1 aromatic rings. The van der Waals surface area contributed by atoms with E-state index in [2.05, 4.69) is 5.32 Å². The summed E-state index contributed by atoms with van der Waals surface area (Å²) in [6, 6.07) is 3.39. The van der Waals surface area contributed by atoms with Gasteiger partial charge in [-0.25, -0.2) is 12.8 Å². The SMILES string of the molecule is CC(C)[C@@H](CO)NC1CCS(=O)(=O)c2ccc(F)cc21. The smallest absolute Gasteiger partial charge is 0.178 e. The predicted molar refractivity (Wildman–Crippen MR) is 74.7 cm³/mol. The Morgan fingerprint density at radius 3 is 2.75 bits per heavy atom. The Labute approximate surface area is 118 Å². The van der Waals surface area contributed by atoms with Crippen LogP contribution < -0.4 is 5.32 Å². The van der Waals surface area contributed by atoms with Gasteiger partial charge < -0.3 is 10.4 Å². The van der Waals surface area contributed by atoms with Crippen LogP contribution in [0, 0.1) is 11.7 Å². The summed E-state index contributed by atoms with van der Waals surface area (Å²) in [5.41, 5.74) is 0.468. The largest absolute Gasteiger partial charge is 0.395 e. The van der Waals surface area contributed by atoms with Crippen molar-refractivity contribution in [2.45, 2.75) is 37.2 Å². The Kier molecular flexibility index (Phi) is 4.46. The van der Waals surface area contributed by atoms with E-state index in [0.717, 1.165) is 0 Å². The summed E-state index contributed by atoms with van der Waals surface area (Å²) in [4.78, 5) is 0.197. The van der Waals surface area contributed by atoms with Crippen molar-refractivity contribution in [2.24, 2.45) is 5.92 Å². The second kappa shape index (κ2) is 5.79. The van der Waals surface area contributed by atoms with Crippen LogP contribution in [-0.4, -0.2) is 31.9 Å². The molecule has 0 aliphatic carbocycles. The minimum atomic E-state index is -3.32. The lowest BCUT2D eigenvalue weighted by Gasteiger charge is -2.31. The van der Waals surface area contributed by atoms with Crippen molar-refractivity contribution in [3.63, 3.8) is 0 Å². The summed E-state index contributed by atoms with van der Waals surface area (Å²) < 4.78 is 37.5. The molecule has 2 atom stereocenters. The second-order valence-corrected chi connectivity index (χ2v) is 7.62. The van der Waals surface area contributed by atoms with E-state index in [1.54, 1.807) is 0 Å². The van der Waals surface area contributed by atoms with Crippen molar-refractivity contribution < 1.29 is 17.9 Å². The molecule has 2 N–H and O–H groups in total. The molecule has 0 saturated carbocycles. The molecule has 4 nitrogen and oxygen atoms in total. The predicted octanol–water partition coefficient (Wildman–Crippen LogP) is 1.65. The lowest BCUT2D eigenvalue weighted by Crippen LogP contribution is -2.41. The first-order chi connectivity index (χ1) is 9.35. The van der Waals surface area contributed by atoms with E-state index in [1.807, 2.05) is 13.8 Å². The molecule has 0 saturated heterocycles. The number of nitrogens with one attached hydrogen (secondary N) is 1. The molecule has 1 heterocycles. The quantitative estimate of drug-likeness (QED) is 0.830. The van der Waals surface area contributed by atoms with Crippen molar-refractivity contribution >= 4 is 9.84 Å². The molecule has 0 amide bonds. The third-order valence-electron chi connectivity index (χ3n) is 3.77. The van der Waals surface area contributed by atoms with Gasteiger partial charge in [-0.05, 0) is 36.1 Å². The summed E-state index contributed by atoms with van der Waals surface area (Å²) >= 11 is 0. The van der Waals surface area contributed by atoms with Crippen molar-refractivity contribution in [1.29, 1.82) is 0 Å². The average Bonchev–Trinajstić information content (AvgIpc) is 2.37. The van der Waals surface area contributed by atoms with Gasteiger partial charge in [0.15, 0.2) is 9.84 Å². The molecule has 0 spiro atoms. The number of hydrogen-bond acceptors (Lipinski definition) is 4. The Hall–Kier alpha value is -0.980. The molecular formula is C14H20FNO3S. The van der Waals surface area contributed by atoms with Gasteiger partial charge in [0, 0.05) is 12.1 Å². The van der Waals surface area contributed by atoms with Crippen LogP contribution in [0.3, 0.4) is 0 Å². The lowest BCUT2D eigenvalue weighted by atomic mass is 9.99. The highest BCUT2D eigenvalue weighted by atomic mass is 32.2. The molecule has 0 aromatic heterocycles. The maximum Gasteiger partial charge on any atom is 0.178 e. The molecule has 6 heteroatoms. The first kappa shape index (κ1) is 15.4. The van der Waals surface area contributed by atoms with Crippen LogP contribution in [0.15, 0.2) is 23.1 Å². The van der Waals surface area contributed by atoms with Crippen molar-refractivity contribution in [2.75, 3.05) is 12.4 Å². The average molecular weight is 301 g/mol. The summed E-state index contributed by atoms with van der Waals surface area (Å²) in [6.45, 7) is 3.91. The highest BCUT2D eigenvalue weighted by Gasteiger charge is 2.32. The van der Waals surface area contributed by atoms with E-state index >= 15 is 0 Å². The number of sulfone groups is 1. The van der Waals surface area contributed by atoms with E-state index < -0.39 is 15.7 Å². The Balaban J connectivity index is 2.37. The van der Waals surface area contributed by atoms with Crippen molar-refractivity contribution in [3.8, 4) is 0 Å². The maximum atomic E-state index is 13.4. The van der Waals surface area contributed by atoms with Gasteiger partial charge in [-0.2, -0.15) is 0 Å². The minimum Gasteiger partial charge on any atom is -0.395 e. The Morgan fingerprint density at radius 2 is 2.15 bits per heavy atom. The van der Waals surface area contributed by atoms with Crippen molar-refractivity contribution in [1.82, 2.24) is 5.32 Å². The molecular weight excluding hydrogens is 281 g/mol. The molecule has 1 unspecified atom stereocenters. The summed E-state index contributed by atoms with van der Waals surface area (Å²) in [5, 5.41) is 12.6. The summed E-state index contributed by atoms with van der Waals surface area (Å²) in [7, 11) is -3.32. The van der Waals surface area contributed by atoms with Crippen LogP contribution in [0.2, 0.25) is 0 Å². The normalized spacial score (nSPS) is 22.6. The minimum absolute atomic E-state index is 0.0361. The number of rotatable bonds is 4. The molecule has 1 aliphatic heterocycles. The number of benzene rings is 1. The van der Waals surface area contributed by atoms with Crippen LogP contribution in [0.4, 0.5) is 4.39 Å². The third-order valence-corrected chi connectivity index (χ3v) is 5.59. The number of aliphatic hydroxyl groups excluding tert-OH is 1. The van der Waals surface area contributed by atoms with Gasteiger partial charge in [0.05, 0.1) is 17.3 Å². The van der Waals surface area contributed by atoms with E-state index in [1.165, 1.54) is 18.2 Å². The van der Waals surface area contributed by atoms with E-state index in [0.29, 0.717) is 12.0 Å². The molecule has 1 aromatic carbocycles. The van der Waals surface area contributed by atoms with Gasteiger partial charge in [-0.15, -0.1) is 0 Å². The van der Waals surface area contributed by atoms with Gasteiger partial charge in [0.2, 0.25) is 0 Å². The molecule has 20 heavy (non-hydrogen) atoms. The zero-order chi connectivity index (χ0) is 14.9. The fourth-order valence-corrected chi connectivity index (χ4v) is 4.10. The van der Waals surface area contributed by atoms with Crippen LogP contribution in [0.25, 0.3) is 0 Å². The number of hydrogen-bond donors (Lipinski definition) is 2. The van der Waals surface area contributed by atoms with Crippen LogP contribution in [0.1, 0.15) is 31.9 Å². The maximum absolute atomic E-state index is 13.4. The van der Waals surface area contributed by atoms with Gasteiger partial charge >= 0.3 is 0 Å². The Morgan fingerprint density at radius 1 is 1.45 bits per heavy atom. The monoisotopic (exact) mass is 301 g/mol. The molecule has 0 radical (unpaired) electrons. The standard InChI is InChI=1S/C14H20FNO3S/c1-9(2)13(8-17)16-12-5-6-20(18,19)14-4-3-10(15)7-11(12)14/h3-4,7,9,12-13,16-17H,5-6,8H2,1-2H3/t12?,13-/m1/s1. The fourth-order valence-electron chi connectivity index (χ4n) is 2.50.